The number of aliphatic hydroxyl groups is 1. The van der Waals surface area contributed by atoms with Crippen LogP contribution in [-0.2, 0) is 6.42 Å². The fourth-order valence-electron chi connectivity index (χ4n) is 4.64. The van der Waals surface area contributed by atoms with Gasteiger partial charge in [-0.15, -0.1) is 0 Å². The Kier molecular flexibility index (Phi) is 10.5. The number of ether oxygens (including phenoxy) is 1. The van der Waals surface area contributed by atoms with E-state index in [9.17, 15) is 25.2 Å². The van der Waals surface area contributed by atoms with Gasteiger partial charge < -0.3 is 34.7 Å². The fraction of sp³-hybridized carbons (Fsp3) is 0.483. The number of fused-ring (bicyclic) bond motifs is 1. The van der Waals surface area contributed by atoms with Crippen molar-refractivity contribution in [1.82, 2.24) is 0 Å². The Bertz CT molecular complexity index is 1230. The van der Waals surface area contributed by atoms with E-state index < -0.39 is 16.9 Å². The number of methoxy groups -OCH3 is 1. The Morgan fingerprint density at radius 3 is 1.89 bits per heavy atom. The fourth-order valence-corrected chi connectivity index (χ4v) is 4.64. The third kappa shape index (κ3) is 7.32. The van der Waals surface area contributed by atoms with Crippen LogP contribution in [0.15, 0.2) is 33.5 Å². The molecule has 0 unspecified atom stereocenters. The summed E-state index contributed by atoms with van der Waals surface area (Å²) < 4.78 is 11.3. The van der Waals surface area contributed by atoms with Gasteiger partial charge in [0, 0.05) is 30.4 Å². The van der Waals surface area contributed by atoms with Crippen molar-refractivity contribution < 1.29 is 34.7 Å². The van der Waals surface area contributed by atoms with Crippen LogP contribution in [0.5, 0.6) is 28.7 Å². The first kappa shape index (κ1) is 28.2. The third-order valence-corrected chi connectivity index (χ3v) is 6.72. The van der Waals surface area contributed by atoms with Gasteiger partial charge in [0.05, 0.1) is 12.7 Å². The van der Waals surface area contributed by atoms with Gasteiger partial charge in [-0.1, -0.05) is 57.8 Å². The predicted molar refractivity (Wildman–Crippen MR) is 143 cm³/mol. The number of aliphatic hydroxyl groups excluding tert-OH is 1. The van der Waals surface area contributed by atoms with E-state index in [1.807, 2.05) is 0 Å². The molecule has 2 aromatic carbocycles. The summed E-state index contributed by atoms with van der Waals surface area (Å²) in [4.78, 5) is 12.9. The van der Waals surface area contributed by atoms with Crippen molar-refractivity contribution in [2.45, 2.75) is 77.0 Å². The number of rotatable bonds is 15. The van der Waals surface area contributed by atoms with E-state index in [0.29, 0.717) is 17.7 Å². The molecular weight excluding hydrogens is 476 g/mol. The largest absolute Gasteiger partial charge is 0.507 e. The summed E-state index contributed by atoms with van der Waals surface area (Å²) in [6.07, 6.45) is 12.8. The second-order valence-electron chi connectivity index (χ2n) is 9.47. The monoisotopic (exact) mass is 514 g/mol. The molecule has 1 heterocycles. The number of hydrogen-bond donors (Lipinski definition) is 5. The highest BCUT2D eigenvalue weighted by molar-refractivity contribution is 5.88. The maximum Gasteiger partial charge on any atom is 0.197 e. The zero-order chi connectivity index (χ0) is 26.8. The first-order chi connectivity index (χ1) is 17.9. The van der Waals surface area contributed by atoms with Gasteiger partial charge in [0.1, 0.15) is 34.0 Å². The maximum atomic E-state index is 12.9. The number of unbranched alkanes of at least 4 members (excludes halogenated alkanes) is 10. The summed E-state index contributed by atoms with van der Waals surface area (Å²) in [5.41, 5.74) is 0.173. The van der Waals surface area contributed by atoms with E-state index in [4.69, 9.17) is 14.3 Å². The number of hydrogen-bond acceptors (Lipinski definition) is 8. The minimum atomic E-state index is -0.501. The van der Waals surface area contributed by atoms with Crippen LogP contribution in [0.3, 0.4) is 0 Å². The SMILES string of the molecule is COc1cc2oc(-c3cc(O)c(O)cc3O)cc(=O)c2c(O)c1CCCCCCCCCCCCCO. The van der Waals surface area contributed by atoms with Crippen LogP contribution in [0.25, 0.3) is 22.3 Å². The standard InChI is InChI=1S/C29H38O8/c1-36-25-18-27-28(24(34)17-26(37-27)20-15-22(32)23(33)16-21(20)31)29(35)19(25)13-11-9-7-5-3-2-4-6-8-10-12-14-30/h15-18,30-33,35H,2-14H2,1H3. The number of phenols is 4. The number of phenolic OH excluding ortho intramolecular Hbond substituents is 4. The van der Waals surface area contributed by atoms with Crippen molar-refractivity contribution in [2.75, 3.05) is 13.7 Å². The van der Waals surface area contributed by atoms with Crippen LogP contribution < -0.4 is 10.2 Å². The molecule has 0 atom stereocenters. The Morgan fingerprint density at radius 1 is 0.730 bits per heavy atom. The van der Waals surface area contributed by atoms with E-state index in [1.165, 1.54) is 45.6 Å². The lowest BCUT2D eigenvalue weighted by atomic mass is 10.00. The van der Waals surface area contributed by atoms with E-state index in [-0.39, 0.29) is 40.4 Å². The zero-order valence-electron chi connectivity index (χ0n) is 21.5. The molecule has 0 amide bonds. The Labute approximate surface area is 216 Å². The molecule has 5 N–H and O–H groups in total. The lowest BCUT2D eigenvalue weighted by Gasteiger charge is -2.14. The summed E-state index contributed by atoms with van der Waals surface area (Å²) in [6, 6.07) is 4.74. The summed E-state index contributed by atoms with van der Waals surface area (Å²) in [5, 5.41) is 49.3. The first-order valence-electron chi connectivity index (χ1n) is 13.1. The van der Waals surface area contributed by atoms with Crippen molar-refractivity contribution in [3.63, 3.8) is 0 Å². The molecule has 0 spiro atoms. The Balaban J connectivity index is 1.63. The van der Waals surface area contributed by atoms with Gasteiger partial charge in [-0.05, 0) is 25.3 Å². The smallest absolute Gasteiger partial charge is 0.197 e. The minimum absolute atomic E-state index is 0.0235. The zero-order valence-corrected chi connectivity index (χ0v) is 21.5. The van der Waals surface area contributed by atoms with Gasteiger partial charge in [0.25, 0.3) is 0 Å². The molecule has 0 radical (unpaired) electrons. The Morgan fingerprint density at radius 2 is 1.30 bits per heavy atom. The average Bonchev–Trinajstić information content (AvgIpc) is 2.87. The number of aromatic hydroxyl groups is 4. The van der Waals surface area contributed by atoms with Crippen molar-refractivity contribution in [3.05, 3.63) is 40.1 Å². The van der Waals surface area contributed by atoms with Crippen LogP contribution in [0, 0.1) is 0 Å². The van der Waals surface area contributed by atoms with Crippen LogP contribution in [0.1, 0.15) is 76.2 Å². The molecule has 0 saturated carbocycles. The van der Waals surface area contributed by atoms with Gasteiger partial charge >= 0.3 is 0 Å². The van der Waals surface area contributed by atoms with Crippen LogP contribution in [0.2, 0.25) is 0 Å². The molecule has 8 nitrogen and oxygen atoms in total. The molecule has 1 aromatic heterocycles. The van der Waals surface area contributed by atoms with Gasteiger partial charge in [-0.2, -0.15) is 0 Å². The third-order valence-electron chi connectivity index (χ3n) is 6.72. The quantitative estimate of drug-likeness (QED) is 0.0928. The second kappa shape index (κ2) is 13.8. The molecule has 0 saturated heterocycles. The topological polar surface area (TPSA) is 141 Å². The summed E-state index contributed by atoms with van der Waals surface area (Å²) in [7, 11) is 1.49. The van der Waals surface area contributed by atoms with Gasteiger partial charge in [-0.25, -0.2) is 0 Å². The molecule has 3 rings (SSSR count). The highest BCUT2D eigenvalue weighted by Gasteiger charge is 2.20. The van der Waals surface area contributed by atoms with Crippen molar-refractivity contribution >= 4 is 11.0 Å². The lowest BCUT2D eigenvalue weighted by Crippen LogP contribution is -2.04. The summed E-state index contributed by atoms with van der Waals surface area (Å²) in [5.74, 6) is -1.13. The molecule has 37 heavy (non-hydrogen) atoms. The first-order valence-corrected chi connectivity index (χ1v) is 13.1. The molecule has 0 aliphatic carbocycles. The van der Waals surface area contributed by atoms with Gasteiger partial charge in [-0.3, -0.25) is 4.79 Å². The molecule has 3 aromatic rings. The number of benzene rings is 2. The molecule has 0 bridgehead atoms. The Hall–Kier alpha value is -3.39. The van der Waals surface area contributed by atoms with Gasteiger partial charge in [0.2, 0.25) is 0 Å². The second-order valence-corrected chi connectivity index (χ2v) is 9.47. The predicted octanol–water partition coefficient (Wildman–Crippen LogP) is 6.12. The van der Waals surface area contributed by atoms with Gasteiger partial charge in [0.15, 0.2) is 16.9 Å². The maximum absolute atomic E-state index is 12.9. The molecular formula is C29H38O8. The summed E-state index contributed by atoms with van der Waals surface area (Å²) in [6.45, 7) is 0.287. The van der Waals surface area contributed by atoms with E-state index in [0.717, 1.165) is 50.3 Å². The molecule has 0 aliphatic rings. The van der Waals surface area contributed by atoms with Crippen LogP contribution in [-0.4, -0.2) is 39.2 Å². The van der Waals surface area contributed by atoms with E-state index in [2.05, 4.69) is 0 Å². The lowest BCUT2D eigenvalue weighted by molar-refractivity contribution is 0.282. The minimum Gasteiger partial charge on any atom is -0.507 e. The van der Waals surface area contributed by atoms with Crippen molar-refractivity contribution in [2.24, 2.45) is 0 Å². The molecule has 202 valence electrons. The normalized spacial score (nSPS) is 11.3. The van der Waals surface area contributed by atoms with Crippen LogP contribution >= 0.6 is 0 Å². The average molecular weight is 515 g/mol. The molecule has 0 fully saturated rings. The van der Waals surface area contributed by atoms with Crippen LogP contribution in [0.4, 0.5) is 0 Å². The van der Waals surface area contributed by atoms with Crippen molar-refractivity contribution in [3.8, 4) is 40.1 Å². The van der Waals surface area contributed by atoms with Crippen molar-refractivity contribution in [1.29, 1.82) is 0 Å². The molecule has 0 aliphatic heterocycles. The summed E-state index contributed by atoms with van der Waals surface area (Å²) >= 11 is 0. The highest BCUT2D eigenvalue weighted by atomic mass is 16.5. The van der Waals surface area contributed by atoms with E-state index >= 15 is 0 Å². The van der Waals surface area contributed by atoms with E-state index in [1.54, 1.807) is 6.07 Å². The highest BCUT2D eigenvalue weighted by Crippen LogP contribution is 2.41. The molecule has 8 heteroatoms.